The molecule has 0 radical (unpaired) electrons. The van der Waals surface area contributed by atoms with Crippen LogP contribution in [0.4, 0.5) is 0 Å². The molecule has 1 aromatic carbocycles. The predicted molar refractivity (Wildman–Crippen MR) is 77.0 cm³/mol. The Bertz CT molecular complexity index is 365. The highest BCUT2D eigenvalue weighted by Gasteiger charge is 2.14. The normalized spacial score (nSPS) is 10.4. The molecule has 3 nitrogen and oxygen atoms in total. The first-order chi connectivity index (χ1) is 8.72. The molecule has 18 heavy (non-hydrogen) atoms. The first kappa shape index (κ1) is 15.2. The third kappa shape index (κ3) is 4.42. The van der Waals surface area contributed by atoms with E-state index in [9.17, 15) is 4.79 Å². The van der Waals surface area contributed by atoms with Crippen LogP contribution in [0.25, 0.3) is 0 Å². The van der Waals surface area contributed by atoms with Gasteiger partial charge in [-0.3, -0.25) is 4.79 Å². The van der Waals surface area contributed by atoms with Crippen LogP contribution in [0.2, 0.25) is 0 Å². The predicted octanol–water partition coefficient (Wildman–Crippen LogP) is 2.82. The van der Waals surface area contributed by atoms with Crippen LogP contribution < -0.4 is 0 Å². The van der Waals surface area contributed by atoms with Crippen molar-refractivity contribution < 1.29 is 9.90 Å². The molecule has 1 rings (SSSR count). The van der Waals surface area contributed by atoms with Crippen LogP contribution >= 0.6 is 15.9 Å². The van der Waals surface area contributed by atoms with Crippen LogP contribution in [0.3, 0.4) is 0 Å². The van der Waals surface area contributed by atoms with E-state index >= 15 is 0 Å². The van der Waals surface area contributed by atoms with Crippen LogP contribution in [0.15, 0.2) is 24.3 Å². The Balaban J connectivity index is 2.73. The quantitative estimate of drug-likeness (QED) is 0.786. The molecule has 0 unspecified atom stereocenters. The van der Waals surface area contributed by atoms with Gasteiger partial charge in [-0.15, -0.1) is 0 Å². The third-order valence-electron chi connectivity index (χ3n) is 2.79. The second-order valence-corrected chi connectivity index (χ2v) is 4.76. The van der Waals surface area contributed by atoms with Gasteiger partial charge in [0.1, 0.15) is 0 Å². The number of nitrogens with zero attached hydrogens (tertiary/aromatic N) is 1. The monoisotopic (exact) mass is 313 g/mol. The van der Waals surface area contributed by atoms with Crippen molar-refractivity contribution in [3.05, 3.63) is 35.4 Å². The number of aliphatic hydroxyl groups excluding tert-OH is 1. The highest BCUT2D eigenvalue weighted by atomic mass is 79.9. The van der Waals surface area contributed by atoms with E-state index in [0.717, 1.165) is 23.7 Å². The fourth-order valence-electron chi connectivity index (χ4n) is 1.70. The van der Waals surface area contributed by atoms with Gasteiger partial charge in [-0.2, -0.15) is 0 Å². The maximum absolute atomic E-state index is 12.2. The zero-order valence-electron chi connectivity index (χ0n) is 10.7. The summed E-state index contributed by atoms with van der Waals surface area (Å²) in [6.07, 6.45) is 2.00. The summed E-state index contributed by atoms with van der Waals surface area (Å²) in [5.74, 6) is -0.00128. The van der Waals surface area contributed by atoms with Gasteiger partial charge >= 0.3 is 0 Å². The van der Waals surface area contributed by atoms with Gasteiger partial charge in [0.2, 0.25) is 0 Å². The molecular weight excluding hydrogens is 294 g/mol. The molecule has 0 aliphatic rings. The Morgan fingerprint density at radius 3 is 2.44 bits per heavy atom. The van der Waals surface area contributed by atoms with E-state index < -0.39 is 0 Å². The van der Waals surface area contributed by atoms with Crippen molar-refractivity contribution in [2.75, 3.05) is 19.7 Å². The molecule has 0 fully saturated rings. The van der Waals surface area contributed by atoms with Gasteiger partial charge < -0.3 is 10.0 Å². The van der Waals surface area contributed by atoms with Crippen LogP contribution in [0, 0.1) is 0 Å². The van der Waals surface area contributed by atoms with E-state index in [1.807, 2.05) is 24.3 Å². The average Bonchev–Trinajstić information content (AvgIpc) is 2.43. The number of halogens is 1. The molecule has 4 heteroatoms. The van der Waals surface area contributed by atoms with Gasteiger partial charge in [0.05, 0.1) is 6.61 Å². The van der Waals surface area contributed by atoms with E-state index in [0.29, 0.717) is 18.7 Å². The van der Waals surface area contributed by atoms with Crippen molar-refractivity contribution >= 4 is 21.8 Å². The highest BCUT2D eigenvalue weighted by Crippen LogP contribution is 2.10. The minimum absolute atomic E-state index is 0.00128. The molecule has 0 saturated carbocycles. The molecule has 0 aliphatic heterocycles. The van der Waals surface area contributed by atoms with Crippen molar-refractivity contribution in [2.24, 2.45) is 0 Å². The molecule has 100 valence electrons. The first-order valence-corrected chi connectivity index (χ1v) is 7.40. The second kappa shape index (κ2) is 8.27. The first-order valence-electron chi connectivity index (χ1n) is 6.28. The van der Waals surface area contributed by atoms with E-state index in [1.165, 1.54) is 0 Å². The summed E-state index contributed by atoms with van der Waals surface area (Å²) >= 11 is 3.38. The number of hydrogen-bond acceptors (Lipinski definition) is 2. The summed E-state index contributed by atoms with van der Waals surface area (Å²) in [5, 5.41) is 9.80. The SMILES string of the molecule is CCCCN(CCO)C(=O)c1ccc(CBr)cc1. The fourth-order valence-corrected chi connectivity index (χ4v) is 2.08. The molecule has 0 heterocycles. The Morgan fingerprint density at radius 1 is 1.28 bits per heavy atom. The fraction of sp³-hybridized carbons (Fsp3) is 0.500. The summed E-state index contributed by atoms with van der Waals surface area (Å²) in [6, 6.07) is 7.57. The number of amides is 1. The minimum atomic E-state index is -0.00128. The molecule has 0 spiro atoms. The molecule has 0 bridgehead atoms. The van der Waals surface area contributed by atoms with Crippen molar-refractivity contribution in [3.63, 3.8) is 0 Å². The minimum Gasteiger partial charge on any atom is -0.395 e. The van der Waals surface area contributed by atoms with Crippen molar-refractivity contribution in [1.82, 2.24) is 4.90 Å². The van der Waals surface area contributed by atoms with E-state index in [-0.39, 0.29) is 12.5 Å². The number of hydrogen-bond donors (Lipinski definition) is 1. The van der Waals surface area contributed by atoms with Gasteiger partial charge in [-0.05, 0) is 24.1 Å². The number of carbonyl (C=O) groups excluding carboxylic acids is 1. The van der Waals surface area contributed by atoms with Crippen molar-refractivity contribution in [3.8, 4) is 0 Å². The molecule has 0 atom stereocenters. The van der Waals surface area contributed by atoms with Crippen LogP contribution in [0.5, 0.6) is 0 Å². The largest absolute Gasteiger partial charge is 0.395 e. The van der Waals surface area contributed by atoms with Gasteiger partial charge in [0, 0.05) is 24.0 Å². The standard InChI is InChI=1S/C14H20BrNO2/c1-2-3-8-16(9-10-17)14(18)13-6-4-12(11-15)5-7-13/h4-7,17H,2-3,8-11H2,1H3. The Morgan fingerprint density at radius 2 is 1.94 bits per heavy atom. The number of carbonyl (C=O) groups is 1. The molecule has 0 saturated heterocycles. The van der Waals surface area contributed by atoms with Gasteiger partial charge in [-0.25, -0.2) is 0 Å². The van der Waals surface area contributed by atoms with Gasteiger partial charge in [0.25, 0.3) is 5.91 Å². The molecular formula is C14H20BrNO2. The molecule has 0 aliphatic carbocycles. The summed E-state index contributed by atoms with van der Waals surface area (Å²) in [6.45, 7) is 3.20. The zero-order valence-corrected chi connectivity index (χ0v) is 12.3. The Kier molecular flexibility index (Phi) is 6.98. The lowest BCUT2D eigenvalue weighted by Gasteiger charge is -2.21. The highest BCUT2D eigenvalue weighted by molar-refractivity contribution is 9.08. The second-order valence-electron chi connectivity index (χ2n) is 4.20. The molecule has 1 N–H and O–H groups in total. The van der Waals surface area contributed by atoms with Crippen molar-refractivity contribution in [1.29, 1.82) is 0 Å². The zero-order chi connectivity index (χ0) is 13.4. The summed E-state index contributed by atoms with van der Waals surface area (Å²) in [7, 11) is 0. The summed E-state index contributed by atoms with van der Waals surface area (Å²) in [5.41, 5.74) is 1.83. The Labute approximate surface area is 117 Å². The smallest absolute Gasteiger partial charge is 0.253 e. The van der Waals surface area contributed by atoms with Crippen LogP contribution in [-0.4, -0.2) is 35.6 Å². The van der Waals surface area contributed by atoms with Crippen LogP contribution in [0.1, 0.15) is 35.7 Å². The lowest BCUT2D eigenvalue weighted by Crippen LogP contribution is -2.34. The van der Waals surface area contributed by atoms with Crippen LogP contribution in [-0.2, 0) is 5.33 Å². The van der Waals surface area contributed by atoms with Gasteiger partial charge in [0.15, 0.2) is 0 Å². The summed E-state index contributed by atoms with van der Waals surface area (Å²) in [4.78, 5) is 14.0. The Hall–Kier alpha value is -0.870. The number of benzene rings is 1. The van der Waals surface area contributed by atoms with E-state index in [2.05, 4.69) is 22.9 Å². The number of aliphatic hydroxyl groups is 1. The maximum Gasteiger partial charge on any atom is 0.253 e. The number of unbranched alkanes of at least 4 members (excludes halogenated alkanes) is 1. The molecule has 0 aromatic heterocycles. The third-order valence-corrected chi connectivity index (χ3v) is 3.44. The lowest BCUT2D eigenvalue weighted by atomic mass is 10.1. The number of alkyl halides is 1. The average molecular weight is 314 g/mol. The lowest BCUT2D eigenvalue weighted by molar-refractivity contribution is 0.0719. The van der Waals surface area contributed by atoms with Crippen molar-refractivity contribution in [2.45, 2.75) is 25.1 Å². The molecule has 1 aromatic rings. The van der Waals surface area contributed by atoms with Gasteiger partial charge in [-0.1, -0.05) is 41.4 Å². The molecule has 1 amide bonds. The van der Waals surface area contributed by atoms with E-state index in [4.69, 9.17) is 5.11 Å². The van der Waals surface area contributed by atoms with E-state index in [1.54, 1.807) is 4.90 Å². The topological polar surface area (TPSA) is 40.5 Å². The summed E-state index contributed by atoms with van der Waals surface area (Å²) < 4.78 is 0. The number of rotatable bonds is 7. The maximum atomic E-state index is 12.2.